The van der Waals surface area contributed by atoms with Crippen molar-refractivity contribution >= 4 is 17.5 Å². The van der Waals surface area contributed by atoms with Gasteiger partial charge >= 0.3 is 6.18 Å². The monoisotopic (exact) mass is 473 g/mol. The summed E-state index contributed by atoms with van der Waals surface area (Å²) in [7, 11) is 1.45. The average molecular weight is 473 g/mol. The first-order valence-electron chi connectivity index (χ1n) is 10.7. The topological polar surface area (TPSA) is 98.6 Å². The van der Waals surface area contributed by atoms with Gasteiger partial charge in [-0.1, -0.05) is 0 Å². The number of nitriles is 1. The Bertz CT molecular complexity index is 1130. The maximum atomic E-state index is 13.4. The third-order valence-corrected chi connectivity index (χ3v) is 5.85. The number of piperazine rings is 1. The predicted octanol–water partition coefficient (Wildman–Crippen LogP) is 2.59. The highest BCUT2D eigenvalue weighted by atomic mass is 19.4. The van der Waals surface area contributed by atoms with Crippen molar-refractivity contribution in [3.05, 3.63) is 53.2 Å². The summed E-state index contributed by atoms with van der Waals surface area (Å²) in [5, 5.41) is 11.9. The number of carbonyl (C=O) groups excluding carboxylic acids is 2. The molecule has 8 nitrogen and oxygen atoms in total. The van der Waals surface area contributed by atoms with Gasteiger partial charge in [0.1, 0.15) is 6.04 Å². The lowest BCUT2D eigenvalue weighted by Crippen LogP contribution is -2.61. The van der Waals surface area contributed by atoms with Crippen LogP contribution in [0.2, 0.25) is 0 Å². The molecule has 2 aliphatic rings. The second-order valence-corrected chi connectivity index (χ2v) is 8.17. The second kappa shape index (κ2) is 9.21. The van der Waals surface area contributed by atoms with E-state index in [0.717, 1.165) is 25.0 Å². The van der Waals surface area contributed by atoms with Gasteiger partial charge < -0.3 is 19.9 Å². The maximum Gasteiger partial charge on any atom is 0.417 e. The number of benzene rings is 1. The number of alkyl halides is 3. The van der Waals surface area contributed by atoms with Crippen molar-refractivity contribution in [2.24, 2.45) is 0 Å². The Kier molecular flexibility index (Phi) is 6.32. The summed E-state index contributed by atoms with van der Waals surface area (Å²) in [6.45, 7) is 0.345. The van der Waals surface area contributed by atoms with Gasteiger partial charge in [0, 0.05) is 43.6 Å². The van der Waals surface area contributed by atoms with Crippen molar-refractivity contribution < 1.29 is 27.5 Å². The number of anilines is 1. The fraction of sp³-hybridized carbons (Fsp3) is 0.391. The van der Waals surface area contributed by atoms with Gasteiger partial charge in [-0.05, 0) is 37.1 Å². The number of nitrogens with zero attached hydrogens (tertiary/aromatic N) is 4. The molecule has 1 aromatic carbocycles. The summed E-state index contributed by atoms with van der Waals surface area (Å²) in [5.41, 5.74) is -1.00. The van der Waals surface area contributed by atoms with Crippen molar-refractivity contribution in [2.75, 3.05) is 31.6 Å². The van der Waals surface area contributed by atoms with E-state index in [9.17, 15) is 22.8 Å². The van der Waals surface area contributed by atoms with E-state index in [1.54, 1.807) is 17.0 Å². The number of carbonyl (C=O) groups is 2. The lowest BCUT2D eigenvalue weighted by Gasteiger charge is -2.41. The van der Waals surface area contributed by atoms with E-state index in [1.807, 2.05) is 0 Å². The standard InChI is InChI=1S/C23H22F3N5O3/c1-34-20-7-3-15(12-28-20)22(33)31-9-8-30(13-19(31)21(32)29-16-4-5-16)17-6-2-14(11-27)18(10-17)23(24,25)26/h2-3,6-7,10,12,16,19H,4-5,8-9,13H2,1H3,(H,29,32). The smallest absolute Gasteiger partial charge is 0.417 e. The van der Waals surface area contributed by atoms with Crippen LogP contribution in [0.4, 0.5) is 18.9 Å². The van der Waals surface area contributed by atoms with Gasteiger partial charge in [0.05, 0.1) is 29.9 Å². The van der Waals surface area contributed by atoms with Crippen molar-refractivity contribution in [1.82, 2.24) is 15.2 Å². The molecule has 2 heterocycles. The van der Waals surface area contributed by atoms with Crippen LogP contribution in [0.25, 0.3) is 0 Å². The predicted molar refractivity (Wildman–Crippen MR) is 115 cm³/mol. The molecule has 2 fully saturated rings. The highest BCUT2D eigenvalue weighted by Gasteiger charge is 2.39. The maximum absolute atomic E-state index is 13.4. The molecule has 1 saturated carbocycles. The Balaban J connectivity index is 1.60. The minimum atomic E-state index is -4.69. The Morgan fingerprint density at radius 2 is 1.97 bits per heavy atom. The number of pyridine rings is 1. The molecule has 0 radical (unpaired) electrons. The van der Waals surface area contributed by atoms with Crippen LogP contribution in [-0.4, -0.2) is 60.5 Å². The molecule has 0 spiro atoms. The molecule has 11 heteroatoms. The van der Waals surface area contributed by atoms with E-state index >= 15 is 0 Å². The first-order valence-corrected chi connectivity index (χ1v) is 10.7. The summed E-state index contributed by atoms with van der Waals surface area (Å²) < 4.78 is 45.3. The van der Waals surface area contributed by atoms with Crippen LogP contribution < -0.4 is 15.0 Å². The van der Waals surface area contributed by atoms with Crippen LogP contribution in [0.3, 0.4) is 0 Å². The Labute approximate surface area is 193 Å². The van der Waals surface area contributed by atoms with Crippen LogP contribution in [0.15, 0.2) is 36.5 Å². The number of ether oxygens (including phenoxy) is 1. The van der Waals surface area contributed by atoms with Gasteiger partial charge in [0.25, 0.3) is 5.91 Å². The number of rotatable bonds is 5. The highest BCUT2D eigenvalue weighted by molar-refractivity contribution is 5.98. The fourth-order valence-electron chi connectivity index (χ4n) is 3.86. The van der Waals surface area contributed by atoms with Crippen molar-refractivity contribution in [3.63, 3.8) is 0 Å². The number of aromatic nitrogens is 1. The van der Waals surface area contributed by atoms with Gasteiger partial charge in [-0.25, -0.2) is 4.98 Å². The number of amides is 2. The molecule has 1 aliphatic heterocycles. The summed E-state index contributed by atoms with van der Waals surface area (Å²) in [4.78, 5) is 33.3. The molecule has 2 amide bonds. The van der Waals surface area contributed by atoms with Crippen LogP contribution in [0, 0.1) is 11.3 Å². The number of hydrogen-bond donors (Lipinski definition) is 1. The van der Waals surface area contributed by atoms with Crippen LogP contribution in [-0.2, 0) is 11.0 Å². The van der Waals surface area contributed by atoms with Crippen molar-refractivity contribution in [2.45, 2.75) is 31.1 Å². The summed E-state index contributed by atoms with van der Waals surface area (Å²) in [5.74, 6) is -0.418. The minimum Gasteiger partial charge on any atom is -0.481 e. The highest BCUT2D eigenvalue weighted by Crippen LogP contribution is 2.35. The molecule has 1 atom stereocenters. The van der Waals surface area contributed by atoms with Gasteiger partial charge in [-0.2, -0.15) is 18.4 Å². The number of hydrogen-bond acceptors (Lipinski definition) is 6. The van der Waals surface area contributed by atoms with E-state index in [1.165, 1.54) is 30.3 Å². The van der Waals surface area contributed by atoms with Crippen molar-refractivity contribution in [1.29, 1.82) is 5.26 Å². The van der Waals surface area contributed by atoms with Crippen LogP contribution in [0.5, 0.6) is 5.88 Å². The van der Waals surface area contributed by atoms with E-state index in [2.05, 4.69) is 10.3 Å². The molecule has 1 aliphatic carbocycles. The zero-order chi connectivity index (χ0) is 24.5. The molecule has 2 aromatic rings. The van der Waals surface area contributed by atoms with Gasteiger partial charge in [-0.15, -0.1) is 0 Å². The quantitative estimate of drug-likeness (QED) is 0.717. The van der Waals surface area contributed by atoms with Crippen LogP contribution in [0.1, 0.15) is 34.3 Å². The van der Waals surface area contributed by atoms with E-state index in [0.29, 0.717) is 5.88 Å². The van der Waals surface area contributed by atoms with E-state index in [4.69, 9.17) is 10.00 Å². The first kappa shape index (κ1) is 23.4. The molecular weight excluding hydrogens is 451 g/mol. The zero-order valence-electron chi connectivity index (χ0n) is 18.3. The SMILES string of the molecule is COc1ccc(C(=O)N2CCN(c3ccc(C#N)c(C(F)(F)F)c3)CC2C(=O)NC2CC2)cn1. The first-order chi connectivity index (χ1) is 16.2. The molecule has 1 aromatic heterocycles. The van der Waals surface area contributed by atoms with E-state index < -0.39 is 29.3 Å². The minimum absolute atomic E-state index is 0.0110. The fourth-order valence-corrected chi connectivity index (χ4v) is 3.86. The van der Waals surface area contributed by atoms with Gasteiger partial charge in [0.15, 0.2) is 0 Å². The Morgan fingerprint density at radius 1 is 1.21 bits per heavy atom. The second-order valence-electron chi connectivity index (χ2n) is 8.17. The molecule has 0 bridgehead atoms. The Hall–Kier alpha value is -3.81. The third kappa shape index (κ3) is 4.90. The average Bonchev–Trinajstić information content (AvgIpc) is 3.66. The zero-order valence-corrected chi connectivity index (χ0v) is 18.3. The number of methoxy groups -OCH3 is 1. The lowest BCUT2D eigenvalue weighted by molar-refractivity contribution is -0.137. The largest absolute Gasteiger partial charge is 0.481 e. The molecule has 1 N–H and O–H groups in total. The molecule has 1 unspecified atom stereocenters. The summed E-state index contributed by atoms with van der Waals surface area (Å²) >= 11 is 0. The molecule has 4 rings (SSSR count). The molecule has 34 heavy (non-hydrogen) atoms. The Morgan fingerprint density at radius 3 is 2.56 bits per heavy atom. The summed E-state index contributed by atoms with van der Waals surface area (Å²) in [6, 6.07) is 7.26. The molecule has 1 saturated heterocycles. The normalized spacial score (nSPS) is 18.3. The lowest BCUT2D eigenvalue weighted by atomic mass is 10.0. The number of nitrogens with one attached hydrogen (secondary N) is 1. The molecular formula is C23H22F3N5O3. The van der Waals surface area contributed by atoms with Crippen LogP contribution >= 0.6 is 0 Å². The van der Waals surface area contributed by atoms with Crippen molar-refractivity contribution in [3.8, 4) is 11.9 Å². The third-order valence-electron chi connectivity index (χ3n) is 5.85. The van der Waals surface area contributed by atoms with Gasteiger partial charge in [0.2, 0.25) is 11.8 Å². The summed E-state index contributed by atoms with van der Waals surface area (Å²) in [6.07, 6.45) is -1.63. The molecule has 178 valence electrons. The van der Waals surface area contributed by atoms with E-state index in [-0.39, 0.29) is 42.8 Å². The number of halogens is 3. The van der Waals surface area contributed by atoms with Gasteiger partial charge in [-0.3, -0.25) is 9.59 Å².